The molecule has 0 fully saturated rings. The molecule has 1 N–H and O–H groups in total. The van der Waals surface area contributed by atoms with Gasteiger partial charge in [-0.1, -0.05) is 0 Å². The zero-order valence-electron chi connectivity index (χ0n) is 15.2. The number of halogens is 3. The van der Waals surface area contributed by atoms with Crippen molar-refractivity contribution in [1.82, 2.24) is 19.5 Å². The summed E-state index contributed by atoms with van der Waals surface area (Å²) in [6.07, 6.45) is 0.994. The topological polar surface area (TPSA) is 91.2 Å². The van der Waals surface area contributed by atoms with Crippen LogP contribution in [0.2, 0.25) is 0 Å². The van der Waals surface area contributed by atoms with E-state index < -0.39 is 17.8 Å². The fourth-order valence-electron chi connectivity index (χ4n) is 2.32. The Kier molecular flexibility index (Phi) is 6.07. The van der Waals surface area contributed by atoms with Crippen molar-refractivity contribution in [3.05, 3.63) is 60.6 Å². The van der Waals surface area contributed by atoms with E-state index in [-0.39, 0.29) is 18.0 Å². The molecule has 3 heterocycles. The first-order chi connectivity index (χ1) is 13.9. The molecule has 11 heteroatoms. The maximum Gasteiger partial charge on any atom is 0.433 e. The van der Waals surface area contributed by atoms with Gasteiger partial charge in [0.05, 0.1) is 6.61 Å². The summed E-state index contributed by atoms with van der Waals surface area (Å²) in [5.41, 5.74) is -1.22. The summed E-state index contributed by atoms with van der Waals surface area (Å²) in [4.78, 5) is 24.0. The van der Waals surface area contributed by atoms with Crippen LogP contribution in [-0.4, -0.2) is 45.7 Å². The number of pyridine rings is 2. The van der Waals surface area contributed by atoms with Gasteiger partial charge in [-0.15, -0.1) is 0 Å². The third-order valence-electron chi connectivity index (χ3n) is 3.65. The van der Waals surface area contributed by atoms with Gasteiger partial charge in [0, 0.05) is 43.5 Å². The van der Waals surface area contributed by atoms with Gasteiger partial charge in [-0.25, -0.2) is 9.97 Å². The molecule has 29 heavy (non-hydrogen) atoms. The van der Waals surface area contributed by atoms with E-state index in [0.29, 0.717) is 18.2 Å². The smallest absolute Gasteiger partial charge is 0.433 e. The number of carbonyl (C=O) groups is 1. The number of hydrogen-bond donors (Lipinski definition) is 1. The largest absolute Gasteiger partial charge is 0.491 e. The Morgan fingerprint density at radius 3 is 2.72 bits per heavy atom. The predicted octanol–water partition coefficient (Wildman–Crippen LogP) is 2.96. The van der Waals surface area contributed by atoms with Crippen LogP contribution in [0, 0.1) is 0 Å². The summed E-state index contributed by atoms with van der Waals surface area (Å²) in [5, 5.41) is 2.39. The molecule has 0 aliphatic heterocycles. The Morgan fingerprint density at radius 1 is 1.21 bits per heavy atom. The number of amides is 1. The van der Waals surface area contributed by atoms with Gasteiger partial charge >= 0.3 is 6.18 Å². The highest BCUT2D eigenvalue weighted by Crippen LogP contribution is 2.29. The summed E-state index contributed by atoms with van der Waals surface area (Å²) >= 11 is 0. The Labute approximate surface area is 163 Å². The predicted molar refractivity (Wildman–Crippen MR) is 95.9 cm³/mol. The average Bonchev–Trinajstić information content (AvgIpc) is 3.22. The fraction of sp³-hybridized carbons (Fsp3) is 0.222. The molecule has 0 atom stereocenters. The van der Waals surface area contributed by atoms with Crippen LogP contribution in [0.15, 0.2) is 49.2 Å². The van der Waals surface area contributed by atoms with E-state index in [0.717, 1.165) is 12.3 Å². The Bertz CT molecular complexity index is 977. The Hall–Kier alpha value is -3.47. The van der Waals surface area contributed by atoms with Crippen molar-refractivity contribution in [3.63, 3.8) is 0 Å². The number of methoxy groups -OCH3 is 1. The lowest BCUT2D eigenvalue weighted by Crippen LogP contribution is -2.16. The van der Waals surface area contributed by atoms with Crippen molar-refractivity contribution in [1.29, 1.82) is 0 Å². The minimum atomic E-state index is -4.62. The third-order valence-corrected chi connectivity index (χ3v) is 3.65. The second kappa shape index (κ2) is 8.69. The van der Waals surface area contributed by atoms with Gasteiger partial charge in [0.15, 0.2) is 0 Å². The number of aromatic nitrogens is 4. The van der Waals surface area contributed by atoms with E-state index in [9.17, 15) is 18.0 Å². The van der Waals surface area contributed by atoms with Gasteiger partial charge in [0.2, 0.25) is 0 Å². The van der Waals surface area contributed by atoms with Crippen LogP contribution in [0.3, 0.4) is 0 Å². The quantitative estimate of drug-likeness (QED) is 0.606. The minimum absolute atomic E-state index is 0.0472. The molecule has 0 aliphatic rings. The lowest BCUT2D eigenvalue weighted by atomic mass is 10.2. The summed E-state index contributed by atoms with van der Waals surface area (Å²) in [6.45, 7) is 0.575. The molecule has 0 spiro atoms. The molecule has 0 unspecified atom stereocenters. The fourth-order valence-corrected chi connectivity index (χ4v) is 2.32. The standard InChI is InChI=1S/C18H16F3N5O3/c1-28-6-7-29-13-9-14(25-16(10-13)26-5-4-22-11-26)17(27)24-12-2-3-23-15(8-12)18(19,20)21/h2-5,8-11H,6-7H2,1H3,(H,23,24,27). The van der Waals surface area contributed by atoms with Gasteiger partial charge in [-0.2, -0.15) is 13.2 Å². The zero-order chi connectivity index (χ0) is 20.9. The number of anilines is 1. The monoisotopic (exact) mass is 407 g/mol. The number of nitrogens with zero attached hydrogens (tertiary/aromatic N) is 4. The zero-order valence-corrected chi connectivity index (χ0v) is 15.2. The van der Waals surface area contributed by atoms with Crippen LogP contribution in [0.5, 0.6) is 5.75 Å². The van der Waals surface area contributed by atoms with E-state index >= 15 is 0 Å². The van der Waals surface area contributed by atoms with Gasteiger partial charge in [-0.05, 0) is 12.1 Å². The molecule has 8 nitrogen and oxygen atoms in total. The highest BCUT2D eigenvalue weighted by molar-refractivity contribution is 6.03. The second-order valence-corrected chi connectivity index (χ2v) is 5.74. The van der Waals surface area contributed by atoms with Crippen molar-refractivity contribution in [2.24, 2.45) is 0 Å². The van der Waals surface area contributed by atoms with Crippen LogP contribution in [0.4, 0.5) is 18.9 Å². The van der Waals surface area contributed by atoms with E-state index in [4.69, 9.17) is 9.47 Å². The van der Waals surface area contributed by atoms with Gasteiger partial charge < -0.3 is 14.8 Å². The number of ether oxygens (including phenoxy) is 2. The first kappa shape index (κ1) is 20.3. The van der Waals surface area contributed by atoms with Crippen molar-refractivity contribution in [3.8, 4) is 11.6 Å². The Balaban J connectivity index is 1.87. The van der Waals surface area contributed by atoms with Crippen LogP contribution in [-0.2, 0) is 10.9 Å². The molecule has 1 amide bonds. The molecule has 0 aromatic carbocycles. The molecule has 0 saturated heterocycles. The summed E-state index contributed by atoms with van der Waals surface area (Å²) in [5.74, 6) is -0.00670. The van der Waals surface area contributed by atoms with Crippen LogP contribution in [0.1, 0.15) is 16.2 Å². The Morgan fingerprint density at radius 2 is 2.03 bits per heavy atom. The van der Waals surface area contributed by atoms with Crippen LogP contribution < -0.4 is 10.1 Å². The van der Waals surface area contributed by atoms with Gasteiger partial charge in [-0.3, -0.25) is 14.3 Å². The highest BCUT2D eigenvalue weighted by Gasteiger charge is 2.32. The molecular formula is C18H16F3N5O3. The molecule has 0 saturated carbocycles. The normalized spacial score (nSPS) is 11.3. The SMILES string of the molecule is COCCOc1cc(C(=O)Nc2ccnc(C(F)(F)F)c2)nc(-n2ccnc2)c1. The first-order valence-electron chi connectivity index (χ1n) is 8.33. The molecule has 3 rings (SSSR count). The van der Waals surface area contributed by atoms with E-state index in [1.54, 1.807) is 16.8 Å². The maximum absolute atomic E-state index is 12.8. The average molecular weight is 407 g/mol. The van der Waals surface area contributed by atoms with Gasteiger partial charge in [0.1, 0.15) is 35.9 Å². The number of hydrogen-bond acceptors (Lipinski definition) is 6. The summed E-state index contributed by atoms with van der Waals surface area (Å²) < 4.78 is 50.5. The summed E-state index contributed by atoms with van der Waals surface area (Å²) in [7, 11) is 1.52. The second-order valence-electron chi connectivity index (χ2n) is 5.74. The van der Waals surface area contributed by atoms with Crippen molar-refractivity contribution in [2.75, 3.05) is 25.6 Å². The number of nitrogens with one attached hydrogen (secondary N) is 1. The molecule has 3 aromatic rings. The third kappa shape index (κ3) is 5.29. The minimum Gasteiger partial charge on any atom is -0.491 e. The van der Waals surface area contributed by atoms with E-state index in [1.807, 2.05) is 0 Å². The number of carbonyl (C=O) groups excluding carboxylic acids is 1. The first-order valence-corrected chi connectivity index (χ1v) is 8.33. The lowest BCUT2D eigenvalue weighted by Gasteiger charge is -2.12. The van der Waals surface area contributed by atoms with Crippen LogP contribution >= 0.6 is 0 Å². The lowest BCUT2D eigenvalue weighted by molar-refractivity contribution is -0.141. The molecule has 3 aromatic heterocycles. The van der Waals surface area contributed by atoms with Crippen molar-refractivity contribution in [2.45, 2.75) is 6.18 Å². The van der Waals surface area contributed by atoms with Crippen molar-refractivity contribution < 1.29 is 27.4 Å². The number of alkyl halides is 3. The van der Waals surface area contributed by atoms with Gasteiger partial charge in [0.25, 0.3) is 5.91 Å². The number of imidazole rings is 1. The van der Waals surface area contributed by atoms with E-state index in [2.05, 4.69) is 20.3 Å². The van der Waals surface area contributed by atoms with E-state index in [1.165, 1.54) is 31.8 Å². The van der Waals surface area contributed by atoms with Crippen LogP contribution in [0.25, 0.3) is 5.82 Å². The molecule has 0 aliphatic carbocycles. The van der Waals surface area contributed by atoms with Crippen molar-refractivity contribution >= 4 is 11.6 Å². The molecule has 152 valence electrons. The number of rotatable bonds is 7. The highest BCUT2D eigenvalue weighted by atomic mass is 19.4. The maximum atomic E-state index is 12.8. The molecule has 0 radical (unpaired) electrons. The molecular weight excluding hydrogens is 391 g/mol. The summed E-state index contributed by atoms with van der Waals surface area (Å²) in [6, 6.07) is 4.98. The molecule has 0 bridgehead atoms.